The Morgan fingerprint density at radius 2 is 2.32 bits per heavy atom. The predicted molar refractivity (Wildman–Crippen MR) is 75.4 cm³/mol. The number of aryl methyl sites for hydroxylation is 1. The van der Waals surface area contributed by atoms with Crippen LogP contribution in [-0.2, 0) is 4.74 Å². The van der Waals surface area contributed by atoms with Crippen molar-refractivity contribution in [2.24, 2.45) is 5.73 Å². The molecule has 0 aliphatic heterocycles. The fraction of sp³-hybridized carbons (Fsp3) is 0.500. The quantitative estimate of drug-likeness (QED) is 0.886. The maximum Gasteiger partial charge on any atom is 0.253 e. The molecule has 2 rings (SSSR count). The lowest BCUT2D eigenvalue weighted by Gasteiger charge is -2.42. The van der Waals surface area contributed by atoms with Crippen LogP contribution >= 0.6 is 11.6 Å². The average molecular weight is 283 g/mol. The molecular weight excluding hydrogens is 264 g/mol. The van der Waals surface area contributed by atoms with E-state index in [1.54, 1.807) is 12.1 Å². The largest absolute Gasteiger partial charge is 0.376 e. The van der Waals surface area contributed by atoms with Gasteiger partial charge in [0.25, 0.3) is 5.91 Å². The molecule has 0 spiro atoms. The molecule has 1 fully saturated rings. The Kier molecular flexibility index (Phi) is 4.45. The van der Waals surface area contributed by atoms with Gasteiger partial charge in [-0.2, -0.15) is 0 Å². The SMILES string of the molecule is CCOC1CC(N)C1NC(=O)c1ccc(C)cc1Cl. The van der Waals surface area contributed by atoms with Crippen molar-refractivity contribution in [1.82, 2.24) is 5.32 Å². The van der Waals surface area contributed by atoms with E-state index in [4.69, 9.17) is 22.1 Å². The predicted octanol–water partition coefficient (Wildman–Crippen LogP) is 1.88. The lowest BCUT2D eigenvalue weighted by atomic mass is 9.83. The van der Waals surface area contributed by atoms with E-state index in [-0.39, 0.29) is 24.1 Å². The Labute approximate surface area is 118 Å². The van der Waals surface area contributed by atoms with Gasteiger partial charge in [-0.3, -0.25) is 4.79 Å². The van der Waals surface area contributed by atoms with Gasteiger partial charge in [-0.1, -0.05) is 17.7 Å². The molecule has 3 atom stereocenters. The van der Waals surface area contributed by atoms with Gasteiger partial charge < -0.3 is 15.8 Å². The van der Waals surface area contributed by atoms with Gasteiger partial charge in [0.15, 0.2) is 0 Å². The van der Waals surface area contributed by atoms with Crippen LogP contribution in [0.15, 0.2) is 18.2 Å². The van der Waals surface area contributed by atoms with E-state index < -0.39 is 0 Å². The first-order valence-electron chi connectivity index (χ1n) is 6.47. The number of rotatable bonds is 4. The Morgan fingerprint density at radius 1 is 1.58 bits per heavy atom. The summed E-state index contributed by atoms with van der Waals surface area (Å²) in [6.45, 7) is 4.48. The van der Waals surface area contributed by atoms with Gasteiger partial charge >= 0.3 is 0 Å². The van der Waals surface area contributed by atoms with Crippen molar-refractivity contribution in [3.63, 3.8) is 0 Å². The normalized spacial score (nSPS) is 25.8. The molecule has 1 amide bonds. The first-order chi connectivity index (χ1) is 9.02. The van der Waals surface area contributed by atoms with E-state index in [1.807, 2.05) is 19.9 Å². The third kappa shape index (κ3) is 3.08. The summed E-state index contributed by atoms with van der Waals surface area (Å²) >= 11 is 6.08. The molecule has 3 N–H and O–H groups in total. The maximum absolute atomic E-state index is 12.2. The van der Waals surface area contributed by atoms with Crippen LogP contribution in [0.1, 0.15) is 29.3 Å². The topological polar surface area (TPSA) is 64.3 Å². The molecule has 104 valence electrons. The van der Waals surface area contributed by atoms with E-state index in [0.29, 0.717) is 17.2 Å². The minimum atomic E-state index is -0.199. The second-order valence-corrected chi connectivity index (χ2v) is 5.28. The Balaban J connectivity index is 2.04. The van der Waals surface area contributed by atoms with Crippen LogP contribution in [0, 0.1) is 6.92 Å². The number of nitrogens with two attached hydrogens (primary N) is 1. The monoisotopic (exact) mass is 282 g/mol. The van der Waals surface area contributed by atoms with E-state index >= 15 is 0 Å². The summed E-state index contributed by atoms with van der Waals surface area (Å²) in [6.07, 6.45) is 0.786. The number of carbonyl (C=O) groups excluding carboxylic acids is 1. The van der Waals surface area contributed by atoms with E-state index in [1.165, 1.54) is 0 Å². The molecule has 19 heavy (non-hydrogen) atoms. The number of halogens is 1. The Bertz CT molecular complexity index is 477. The lowest BCUT2D eigenvalue weighted by Crippen LogP contribution is -2.64. The number of ether oxygens (including phenoxy) is 1. The zero-order valence-electron chi connectivity index (χ0n) is 11.2. The van der Waals surface area contributed by atoms with Crippen LogP contribution in [-0.4, -0.2) is 30.7 Å². The standard InChI is InChI=1S/C14H19ClN2O2/c1-3-19-12-7-11(16)13(12)17-14(18)9-5-4-8(2)6-10(9)15/h4-6,11-13H,3,7,16H2,1-2H3,(H,17,18). The van der Waals surface area contributed by atoms with E-state index in [9.17, 15) is 4.79 Å². The summed E-state index contributed by atoms with van der Waals surface area (Å²) in [5.74, 6) is -0.199. The van der Waals surface area contributed by atoms with Crippen LogP contribution in [0.5, 0.6) is 0 Å². The highest BCUT2D eigenvalue weighted by molar-refractivity contribution is 6.33. The Hall–Kier alpha value is -1.10. The van der Waals surface area contributed by atoms with Crippen LogP contribution in [0.25, 0.3) is 0 Å². The summed E-state index contributed by atoms with van der Waals surface area (Å²) < 4.78 is 5.52. The average Bonchev–Trinajstić information content (AvgIpc) is 2.35. The summed E-state index contributed by atoms with van der Waals surface area (Å²) in [7, 11) is 0. The van der Waals surface area contributed by atoms with Crippen molar-refractivity contribution in [1.29, 1.82) is 0 Å². The van der Waals surface area contributed by atoms with Crippen molar-refractivity contribution >= 4 is 17.5 Å². The van der Waals surface area contributed by atoms with Gasteiger partial charge in [-0.25, -0.2) is 0 Å². The zero-order chi connectivity index (χ0) is 14.0. The zero-order valence-corrected chi connectivity index (χ0v) is 11.9. The number of hydrogen-bond acceptors (Lipinski definition) is 3. The molecule has 5 heteroatoms. The minimum Gasteiger partial charge on any atom is -0.376 e. The van der Waals surface area contributed by atoms with Gasteiger partial charge in [-0.05, 0) is 38.0 Å². The van der Waals surface area contributed by atoms with E-state index in [2.05, 4.69) is 5.32 Å². The Morgan fingerprint density at radius 3 is 2.89 bits per heavy atom. The molecule has 3 unspecified atom stereocenters. The summed E-state index contributed by atoms with van der Waals surface area (Å²) in [5, 5.41) is 3.36. The molecule has 0 radical (unpaired) electrons. The van der Waals surface area contributed by atoms with Gasteiger partial charge in [0, 0.05) is 12.6 Å². The van der Waals surface area contributed by atoms with Gasteiger partial charge in [-0.15, -0.1) is 0 Å². The highest BCUT2D eigenvalue weighted by Crippen LogP contribution is 2.24. The molecule has 1 aromatic rings. The molecule has 1 saturated carbocycles. The van der Waals surface area contributed by atoms with Crippen molar-refractivity contribution < 1.29 is 9.53 Å². The fourth-order valence-corrected chi connectivity index (χ4v) is 2.58. The van der Waals surface area contributed by atoms with Gasteiger partial charge in [0.2, 0.25) is 0 Å². The van der Waals surface area contributed by atoms with Crippen molar-refractivity contribution in [2.45, 2.75) is 38.5 Å². The summed E-state index contributed by atoms with van der Waals surface area (Å²) in [5.41, 5.74) is 7.40. The molecule has 1 aromatic carbocycles. The number of amides is 1. The third-order valence-electron chi connectivity index (χ3n) is 3.41. The van der Waals surface area contributed by atoms with Gasteiger partial charge in [0.1, 0.15) is 0 Å². The smallest absolute Gasteiger partial charge is 0.253 e. The molecule has 1 aliphatic rings. The molecule has 0 bridgehead atoms. The highest BCUT2D eigenvalue weighted by Gasteiger charge is 2.40. The molecule has 1 aliphatic carbocycles. The molecule has 0 saturated heterocycles. The van der Waals surface area contributed by atoms with Crippen LogP contribution in [0.4, 0.5) is 0 Å². The van der Waals surface area contributed by atoms with Gasteiger partial charge in [0.05, 0.1) is 22.7 Å². The van der Waals surface area contributed by atoms with Crippen molar-refractivity contribution in [2.75, 3.05) is 6.61 Å². The fourth-order valence-electron chi connectivity index (χ4n) is 2.26. The molecule has 4 nitrogen and oxygen atoms in total. The maximum atomic E-state index is 12.2. The lowest BCUT2D eigenvalue weighted by molar-refractivity contribution is -0.0300. The second-order valence-electron chi connectivity index (χ2n) is 4.88. The summed E-state index contributed by atoms with van der Waals surface area (Å²) in [6, 6.07) is 5.18. The first-order valence-corrected chi connectivity index (χ1v) is 6.85. The van der Waals surface area contributed by atoms with E-state index in [0.717, 1.165) is 12.0 Å². The van der Waals surface area contributed by atoms with Crippen molar-refractivity contribution in [3.8, 4) is 0 Å². The number of nitrogens with one attached hydrogen (secondary N) is 1. The first kappa shape index (κ1) is 14.3. The highest BCUT2D eigenvalue weighted by atomic mass is 35.5. The van der Waals surface area contributed by atoms with Crippen LogP contribution < -0.4 is 11.1 Å². The number of carbonyl (C=O) groups is 1. The minimum absolute atomic E-state index is 0.00757. The summed E-state index contributed by atoms with van der Waals surface area (Å²) in [4.78, 5) is 12.2. The number of hydrogen-bond donors (Lipinski definition) is 2. The van der Waals surface area contributed by atoms with Crippen molar-refractivity contribution in [3.05, 3.63) is 34.3 Å². The molecule has 0 aromatic heterocycles. The molecular formula is C14H19ClN2O2. The number of benzene rings is 1. The molecule has 0 heterocycles. The van der Waals surface area contributed by atoms with Crippen LogP contribution in [0.3, 0.4) is 0 Å². The van der Waals surface area contributed by atoms with Crippen LogP contribution in [0.2, 0.25) is 5.02 Å². The second kappa shape index (κ2) is 5.90. The third-order valence-corrected chi connectivity index (χ3v) is 3.73.